The molecule has 1 aromatic rings. The topological polar surface area (TPSA) is 58.6 Å². The number of hydrogen-bond acceptors (Lipinski definition) is 3. The molecule has 4 heteroatoms. The van der Waals surface area contributed by atoms with Gasteiger partial charge < -0.3 is 15.2 Å². The molecular formula is C13H17NO3. The Labute approximate surface area is 101 Å². The lowest BCUT2D eigenvalue weighted by Crippen LogP contribution is -2.38. The van der Waals surface area contributed by atoms with Crippen molar-refractivity contribution in [2.24, 2.45) is 5.92 Å². The van der Waals surface area contributed by atoms with Crippen LogP contribution in [0.4, 0.5) is 0 Å². The number of hydrogen-bond donors (Lipinski definition) is 2. The van der Waals surface area contributed by atoms with Gasteiger partial charge in [-0.3, -0.25) is 4.79 Å². The van der Waals surface area contributed by atoms with Gasteiger partial charge in [0.15, 0.2) is 0 Å². The number of rotatable bonds is 3. The van der Waals surface area contributed by atoms with E-state index in [1.54, 1.807) is 7.11 Å². The molecule has 1 aliphatic rings. The minimum atomic E-state index is -0.720. The van der Waals surface area contributed by atoms with Crippen molar-refractivity contribution in [2.75, 3.05) is 20.2 Å². The molecule has 1 fully saturated rings. The van der Waals surface area contributed by atoms with Crippen LogP contribution in [0.5, 0.6) is 5.75 Å². The maximum atomic E-state index is 11.3. The van der Waals surface area contributed by atoms with Crippen molar-refractivity contribution in [3.63, 3.8) is 0 Å². The highest BCUT2D eigenvalue weighted by Crippen LogP contribution is 2.34. The van der Waals surface area contributed by atoms with Crippen molar-refractivity contribution in [3.05, 3.63) is 29.8 Å². The Bertz CT molecular complexity index is 405. The Morgan fingerprint density at radius 3 is 2.94 bits per heavy atom. The summed E-state index contributed by atoms with van der Waals surface area (Å²) in [4.78, 5) is 11.3. The normalized spacial score (nSPS) is 24.3. The quantitative estimate of drug-likeness (QED) is 0.833. The van der Waals surface area contributed by atoms with E-state index >= 15 is 0 Å². The van der Waals surface area contributed by atoms with Crippen molar-refractivity contribution >= 4 is 5.97 Å². The Morgan fingerprint density at radius 1 is 1.47 bits per heavy atom. The van der Waals surface area contributed by atoms with Crippen LogP contribution in [0.25, 0.3) is 0 Å². The fourth-order valence-corrected chi connectivity index (χ4v) is 2.45. The molecule has 1 aliphatic heterocycles. The number of carboxylic acids is 1. The van der Waals surface area contributed by atoms with Crippen LogP contribution in [0, 0.1) is 5.92 Å². The highest BCUT2D eigenvalue weighted by molar-refractivity contribution is 5.72. The Hall–Kier alpha value is -1.55. The molecule has 4 nitrogen and oxygen atoms in total. The third-order valence-electron chi connectivity index (χ3n) is 3.34. The average molecular weight is 235 g/mol. The van der Waals surface area contributed by atoms with Gasteiger partial charge in [0, 0.05) is 12.5 Å². The molecule has 0 saturated carbocycles. The van der Waals surface area contributed by atoms with E-state index in [9.17, 15) is 9.90 Å². The van der Waals surface area contributed by atoms with Crippen LogP contribution in [0.3, 0.4) is 0 Å². The standard InChI is InChI=1S/C13H17NO3/c1-17-12-5-3-2-4-9(12)11-8-14-7-6-10(11)13(15)16/h2-5,10-11,14H,6-8H2,1H3,(H,15,16). The third kappa shape index (κ3) is 2.42. The number of methoxy groups -OCH3 is 1. The molecule has 0 aromatic heterocycles. The van der Waals surface area contributed by atoms with Crippen molar-refractivity contribution in [2.45, 2.75) is 12.3 Å². The van der Waals surface area contributed by atoms with Crippen LogP contribution >= 0.6 is 0 Å². The molecule has 0 amide bonds. The fraction of sp³-hybridized carbons (Fsp3) is 0.462. The van der Waals surface area contributed by atoms with Crippen LogP contribution in [-0.2, 0) is 4.79 Å². The summed E-state index contributed by atoms with van der Waals surface area (Å²) >= 11 is 0. The van der Waals surface area contributed by atoms with Crippen molar-refractivity contribution in [3.8, 4) is 5.75 Å². The molecule has 2 N–H and O–H groups in total. The second-order valence-electron chi connectivity index (χ2n) is 4.29. The monoisotopic (exact) mass is 235 g/mol. The first-order chi connectivity index (χ1) is 8.24. The van der Waals surface area contributed by atoms with Gasteiger partial charge in [0.2, 0.25) is 0 Å². The fourth-order valence-electron chi connectivity index (χ4n) is 2.45. The molecule has 1 heterocycles. The minimum absolute atomic E-state index is 0.0163. The molecule has 1 aromatic carbocycles. The molecule has 0 radical (unpaired) electrons. The van der Waals surface area contributed by atoms with E-state index in [0.717, 1.165) is 17.9 Å². The SMILES string of the molecule is COc1ccccc1C1CNCCC1C(=O)O. The van der Waals surface area contributed by atoms with E-state index in [2.05, 4.69) is 5.32 Å². The van der Waals surface area contributed by atoms with E-state index in [1.165, 1.54) is 0 Å². The highest BCUT2D eigenvalue weighted by Gasteiger charge is 2.33. The summed E-state index contributed by atoms with van der Waals surface area (Å²) in [5.41, 5.74) is 0.981. The lowest BCUT2D eigenvalue weighted by molar-refractivity contribution is -0.143. The molecule has 2 atom stereocenters. The van der Waals surface area contributed by atoms with E-state index in [4.69, 9.17) is 4.74 Å². The molecule has 0 spiro atoms. The van der Waals surface area contributed by atoms with Gasteiger partial charge in [0.25, 0.3) is 0 Å². The van der Waals surface area contributed by atoms with Gasteiger partial charge in [-0.05, 0) is 24.6 Å². The van der Waals surface area contributed by atoms with Crippen LogP contribution in [0.2, 0.25) is 0 Å². The number of piperidine rings is 1. The number of aliphatic carboxylic acids is 1. The second-order valence-corrected chi connectivity index (χ2v) is 4.29. The lowest BCUT2D eigenvalue weighted by Gasteiger charge is -2.30. The van der Waals surface area contributed by atoms with Gasteiger partial charge in [0.1, 0.15) is 5.75 Å². The lowest BCUT2D eigenvalue weighted by atomic mass is 9.81. The van der Waals surface area contributed by atoms with Gasteiger partial charge in [-0.1, -0.05) is 18.2 Å². The van der Waals surface area contributed by atoms with Crippen LogP contribution in [0.1, 0.15) is 17.9 Å². The van der Waals surface area contributed by atoms with E-state index in [0.29, 0.717) is 13.0 Å². The number of nitrogens with one attached hydrogen (secondary N) is 1. The molecule has 0 aliphatic carbocycles. The Morgan fingerprint density at radius 2 is 2.24 bits per heavy atom. The van der Waals surface area contributed by atoms with Gasteiger partial charge in [-0.15, -0.1) is 0 Å². The smallest absolute Gasteiger partial charge is 0.307 e. The summed E-state index contributed by atoms with van der Waals surface area (Å²) < 4.78 is 5.31. The predicted octanol–water partition coefficient (Wildman–Crippen LogP) is 1.47. The maximum Gasteiger partial charge on any atom is 0.307 e. The first-order valence-electron chi connectivity index (χ1n) is 5.80. The zero-order valence-corrected chi connectivity index (χ0v) is 9.85. The van der Waals surface area contributed by atoms with E-state index in [-0.39, 0.29) is 11.8 Å². The van der Waals surface area contributed by atoms with Gasteiger partial charge in [0.05, 0.1) is 13.0 Å². The number of carbonyl (C=O) groups is 1. The average Bonchev–Trinajstić information content (AvgIpc) is 2.38. The largest absolute Gasteiger partial charge is 0.496 e. The molecule has 2 rings (SSSR count). The number of carboxylic acid groups (broad SMARTS) is 1. The van der Waals surface area contributed by atoms with Gasteiger partial charge in [-0.25, -0.2) is 0 Å². The van der Waals surface area contributed by atoms with Crippen LogP contribution in [-0.4, -0.2) is 31.3 Å². The first kappa shape index (κ1) is 11.9. The highest BCUT2D eigenvalue weighted by atomic mass is 16.5. The van der Waals surface area contributed by atoms with Gasteiger partial charge >= 0.3 is 5.97 Å². The zero-order valence-electron chi connectivity index (χ0n) is 9.85. The summed E-state index contributed by atoms with van der Waals surface area (Å²) in [5, 5.41) is 12.5. The molecule has 2 unspecified atom stereocenters. The summed E-state index contributed by atoms with van der Waals surface area (Å²) in [6, 6.07) is 7.65. The molecule has 1 saturated heterocycles. The summed E-state index contributed by atoms with van der Waals surface area (Å²) in [6.07, 6.45) is 0.665. The molecule has 92 valence electrons. The predicted molar refractivity (Wildman–Crippen MR) is 64.3 cm³/mol. The number of benzene rings is 1. The molecule has 17 heavy (non-hydrogen) atoms. The maximum absolute atomic E-state index is 11.3. The van der Waals surface area contributed by atoms with E-state index in [1.807, 2.05) is 24.3 Å². The molecular weight excluding hydrogens is 218 g/mol. The van der Waals surface area contributed by atoms with Crippen molar-refractivity contribution in [1.29, 1.82) is 0 Å². The zero-order chi connectivity index (χ0) is 12.3. The second kappa shape index (κ2) is 5.19. The van der Waals surface area contributed by atoms with Crippen LogP contribution < -0.4 is 10.1 Å². The third-order valence-corrected chi connectivity index (χ3v) is 3.34. The number of ether oxygens (including phenoxy) is 1. The van der Waals surface area contributed by atoms with Crippen molar-refractivity contribution in [1.82, 2.24) is 5.32 Å². The summed E-state index contributed by atoms with van der Waals surface area (Å²) in [7, 11) is 1.62. The Balaban J connectivity index is 2.32. The summed E-state index contributed by atoms with van der Waals surface area (Å²) in [5.74, 6) is -0.292. The van der Waals surface area contributed by atoms with E-state index < -0.39 is 5.97 Å². The van der Waals surface area contributed by atoms with Crippen LogP contribution in [0.15, 0.2) is 24.3 Å². The number of para-hydroxylation sites is 1. The molecule has 0 bridgehead atoms. The van der Waals surface area contributed by atoms with Gasteiger partial charge in [-0.2, -0.15) is 0 Å². The first-order valence-corrected chi connectivity index (χ1v) is 5.80. The summed E-state index contributed by atoms with van der Waals surface area (Å²) in [6.45, 7) is 1.46. The van der Waals surface area contributed by atoms with Crippen molar-refractivity contribution < 1.29 is 14.6 Å². The Kier molecular flexibility index (Phi) is 3.64. The minimum Gasteiger partial charge on any atom is -0.496 e.